The largest absolute Gasteiger partial charge is 0.394 e. The number of pyridine rings is 1. The van der Waals surface area contributed by atoms with Crippen LogP contribution in [-0.2, 0) is 0 Å². The summed E-state index contributed by atoms with van der Waals surface area (Å²) < 4.78 is 81.7. The van der Waals surface area contributed by atoms with Gasteiger partial charge in [0.05, 0.1) is 24.4 Å². The number of aliphatic hydroxyl groups excluding tert-OH is 1. The Labute approximate surface area is 217 Å². The quantitative estimate of drug-likeness (QED) is 0.249. The number of nitrogens with one attached hydrogen (secondary N) is 1. The minimum Gasteiger partial charge on any atom is -0.394 e. The van der Waals surface area contributed by atoms with Gasteiger partial charge in [-0.15, -0.1) is 0 Å². The molecule has 0 spiro atoms. The summed E-state index contributed by atoms with van der Waals surface area (Å²) in [5, 5.41) is 15.6. The van der Waals surface area contributed by atoms with Gasteiger partial charge in [0.25, 0.3) is 12.3 Å². The number of amides is 1. The summed E-state index contributed by atoms with van der Waals surface area (Å²) in [5.41, 5.74) is 6.18. The van der Waals surface area contributed by atoms with E-state index < -0.39 is 54.3 Å². The average Bonchev–Trinajstić information content (AvgIpc) is 3.28. The molecular formula is C26H21F6N5O2. The van der Waals surface area contributed by atoms with Crippen molar-refractivity contribution in [1.82, 2.24) is 20.1 Å². The first kappa shape index (κ1) is 27.6. The SMILES string of the molecule is Cc1c(-c2cnc(N)c(-c3ccc(C(=O)N[C@H](CO)c4cc(F)cc(C(F)F)c4)c(F)c3)c2)cnn1C(F)F. The zero-order valence-corrected chi connectivity index (χ0v) is 20.2. The summed E-state index contributed by atoms with van der Waals surface area (Å²) in [6.07, 6.45) is -0.380. The normalized spacial score (nSPS) is 12.3. The Kier molecular flexibility index (Phi) is 7.90. The Balaban J connectivity index is 1.61. The smallest absolute Gasteiger partial charge is 0.333 e. The summed E-state index contributed by atoms with van der Waals surface area (Å²) in [6, 6.07) is 6.18. The van der Waals surface area contributed by atoms with E-state index in [0.29, 0.717) is 21.9 Å². The summed E-state index contributed by atoms with van der Waals surface area (Å²) in [5.74, 6) is -2.96. The van der Waals surface area contributed by atoms with Crippen LogP contribution in [0.25, 0.3) is 22.3 Å². The third-order valence-electron chi connectivity index (χ3n) is 6.07. The van der Waals surface area contributed by atoms with E-state index in [1.807, 2.05) is 0 Å². The van der Waals surface area contributed by atoms with Crippen LogP contribution in [0, 0.1) is 18.6 Å². The molecule has 13 heteroatoms. The first-order chi connectivity index (χ1) is 18.5. The van der Waals surface area contributed by atoms with Gasteiger partial charge in [0.1, 0.15) is 17.5 Å². The molecule has 0 aliphatic heterocycles. The van der Waals surface area contributed by atoms with Crippen LogP contribution < -0.4 is 11.1 Å². The maximum absolute atomic E-state index is 15.0. The molecule has 2 heterocycles. The van der Waals surface area contributed by atoms with Crippen molar-refractivity contribution in [2.45, 2.75) is 25.9 Å². The van der Waals surface area contributed by atoms with Gasteiger partial charge in [-0.3, -0.25) is 4.79 Å². The van der Waals surface area contributed by atoms with Crippen LogP contribution in [0.5, 0.6) is 0 Å². The highest BCUT2D eigenvalue weighted by atomic mass is 19.3. The number of benzene rings is 2. The average molecular weight is 549 g/mol. The number of nitrogens with two attached hydrogens (primary N) is 1. The van der Waals surface area contributed by atoms with Crippen molar-refractivity contribution in [3.63, 3.8) is 0 Å². The topological polar surface area (TPSA) is 106 Å². The Morgan fingerprint density at radius 3 is 2.33 bits per heavy atom. The van der Waals surface area contributed by atoms with Gasteiger partial charge in [0.2, 0.25) is 0 Å². The molecule has 4 aromatic rings. The van der Waals surface area contributed by atoms with E-state index in [2.05, 4.69) is 15.4 Å². The van der Waals surface area contributed by atoms with Gasteiger partial charge in [0.15, 0.2) is 0 Å². The number of rotatable bonds is 8. The lowest BCUT2D eigenvalue weighted by Crippen LogP contribution is -2.31. The Morgan fingerprint density at radius 1 is 1.00 bits per heavy atom. The summed E-state index contributed by atoms with van der Waals surface area (Å²) in [4.78, 5) is 16.8. The molecule has 0 saturated carbocycles. The fourth-order valence-corrected chi connectivity index (χ4v) is 4.06. The highest BCUT2D eigenvalue weighted by molar-refractivity contribution is 5.95. The molecule has 0 aliphatic carbocycles. The molecule has 204 valence electrons. The summed E-state index contributed by atoms with van der Waals surface area (Å²) in [7, 11) is 0. The lowest BCUT2D eigenvalue weighted by atomic mass is 9.99. The first-order valence-electron chi connectivity index (χ1n) is 11.4. The third kappa shape index (κ3) is 5.72. The maximum Gasteiger partial charge on any atom is 0.333 e. The fraction of sp³-hybridized carbons (Fsp3) is 0.192. The van der Waals surface area contributed by atoms with E-state index in [0.717, 1.165) is 24.3 Å². The molecule has 4 N–H and O–H groups in total. The number of aliphatic hydroxyl groups is 1. The molecule has 1 atom stereocenters. The van der Waals surface area contributed by atoms with Crippen LogP contribution >= 0.6 is 0 Å². The maximum atomic E-state index is 15.0. The van der Waals surface area contributed by atoms with E-state index in [-0.39, 0.29) is 28.2 Å². The number of nitrogen functional groups attached to an aromatic ring is 1. The van der Waals surface area contributed by atoms with Crippen LogP contribution in [0.4, 0.5) is 32.2 Å². The number of hydrogen-bond acceptors (Lipinski definition) is 5. The lowest BCUT2D eigenvalue weighted by Gasteiger charge is -2.18. The van der Waals surface area contributed by atoms with Gasteiger partial charge in [-0.05, 0) is 54.4 Å². The number of aromatic nitrogens is 3. The lowest BCUT2D eigenvalue weighted by molar-refractivity contribution is 0.0545. The van der Waals surface area contributed by atoms with E-state index in [9.17, 15) is 31.9 Å². The molecule has 0 unspecified atom stereocenters. The van der Waals surface area contributed by atoms with Crippen molar-refractivity contribution in [2.75, 3.05) is 12.3 Å². The van der Waals surface area contributed by atoms with Gasteiger partial charge in [0, 0.05) is 34.1 Å². The molecule has 4 rings (SSSR count). The van der Waals surface area contributed by atoms with Crippen LogP contribution in [-0.4, -0.2) is 32.4 Å². The van der Waals surface area contributed by atoms with Gasteiger partial charge >= 0.3 is 6.55 Å². The molecule has 0 bridgehead atoms. The fourth-order valence-electron chi connectivity index (χ4n) is 4.06. The Hall–Kier alpha value is -4.39. The first-order valence-corrected chi connectivity index (χ1v) is 11.4. The number of alkyl halides is 4. The molecule has 0 aliphatic rings. The van der Waals surface area contributed by atoms with E-state index in [1.165, 1.54) is 31.5 Å². The van der Waals surface area contributed by atoms with Crippen LogP contribution in [0.2, 0.25) is 0 Å². The third-order valence-corrected chi connectivity index (χ3v) is 6.07. The van der Waals surface area contributed by atoms with Crippen LogP contribution in [0.3, 0.4) is 0 Å². The molecule has 0 radical (unpaired) electrons. The zero-order chi connectivity index (χ0) is 28.4. The molecule has 7 nitrogen and oxygen atoms in total. The molecule has 1 amide bonds. The zero-order valence-electron chi connectivity index (χ0n) is 20.2. The van der Waals surface area contributed by atoms with Crippen molar-refractivity contribution in [3.05, 3.63) is 88.9 Å². The number of halogens is 6. The van der Waals surface area contributed by atoms with E-state index >= 15 is 4.39 Å². The number of nitrogens with zero attached hydrogens (tertiary/aromatic N) is 3. The predicted molar refractivity (Wildman–Crippen MR) is 130 cm³/mol. The number of hydrogen-bond donors (Lipinski definition) is 3. The van der Waals surface area contributed by atoms with Gasteiger partial charge in [-0.1, -0.05) is 6.07 Å². The monoisotopic (exact) mass is 549 g/mol. The van der Waals surface area contributed by atoms with E-state index in [4.69, 9.17) is 5.73 Å². The van der Waals surface area contributed by atoms with Crippen molar-refractivity contribution in [2.24, 2.45) is 0 Å². The molecule has 0 fully saturated rings. The van der Waals surface area contributed by atoms with Crippen LogP contribution in [0.1, 0.15) is 46.2 Å². The van der Waals surface area contributed by atoms with Crippen molar-refractivity contribution in [1.29, 1.82) is 0 Å². The number of anilines is 1. The second-order valence-electron chi connectivity index (χ2n) is 8.54. The highest BCUT2D eigenvalue weighted by Gasteiger charge is 2.22. The minimum atomic E-state index is -2.98. The van der Waals surface area contributed by atoms with Gasteiger partial charge in [-0.2, -0.15) is 13.9 Å². The molecule has 39 heavy (non-hydrogen) atoms. The molecule has 2 aromatic carbocycles. The standard InChI is InChI=1S/C26H21F6N5O2/c1-12-20(10-35-37(12)26(31)32)16-7-19(24(33)34-9-16)13-2-3-18(21(28)8-13)25(39)36-22(11-38)14-4-15(23(29)30)6-17(27)5-14/h2-10,22-23,26,38H,11H2,1H3,(H2,33,34)(H,36,39)/t22-/m1/s1. The Morgan fingerprint density at radius 2 is 1.72 bits per heavy atom. The predicted octanol–water partition coefficient (Wildman–Crippen LogP) is 5.58. The Bertz CT molecular complexity index is 1520. The highest BCUT2D eigenvalue weighted by Crippen LogP contribution is 2.33. The minimum absolute atomic E-state index is 0.00976. The number of carbonyl (C=O) groups is 1. The molecular weight excluding hydrogens is 528 g/mol. The van der Waals surface area contributed by atoms with Crippen molar-refractivity contribution >= 4 is 11.7 Å². The van der Waals surface area contributed by atoms with Crippen LogP contribution in [0.15, 0.2) is 54.9 Å². The second-order valence-corrected chi connectivity index (χ2v) is 8.54. The second kappa shape index (κ2) is 11.2. The van der Waals surface area contributed by atoms with Crippen molar-refractivity contribution in [3.8, 4) is 22.3 Å². The molecule has 2 aromatic heterocycles. The van der Waals surface area contributed by atoms with Crippen molar-refractivity contribution < 1.29 is 36.2 Å². The molecule has 0 saturated heterocycles. The summed E-state index contributed by atoms with van der Waals surface area (Å²) in [6.45, 7) is -2.16. The van der Waals surface area contributed by atoms with Gasteiger partial charge < -0.3 is 16.2 Å². The number of carbonyl (C=O) groups excluding carboxylic acids is 1. The van der Waals surface area contributed by atoms with Gasteiger partial charge in [-0.25, -0.2) is 27.2 Å². The summed E-state index contributed by atoms with van der Waals surface area (Å²) >= 11 is 0. The van der Waals surface area contributed by atoms with E-state index in [1.54, 1.807) is 0 Å².